The van der Waals surface area contributed by atoms with Crippen LogP contribution in [-0.2, 0) is 14.3 Å². The normalized spacial score (nSPS) is 14.1. The van der Waals surface area contributed by atoms with Crippen LogP contribution in [0.25, 0.3) is 5.57 Å². The van der Waals surface area contributed by atoms with Crippen LogP contribution in [0, 0.1) is 10.1 Å². The van der Waals surface area contributed by atoms with Crippen molar-refractivity contribution >= 4 is 34.8 Å². The molecule has 8 heteroatoms. The van der Waals surface area contributed by atoms with E-state index in [1.165, 1.54) is 40.9 Å². The number of methoxy groups -OCH3 is 1. The summed E-state index contributed by atoms with van der Waals surface area (Å²) in [5.74, 6) is -0.753. The minimum Gasteiger partial charge on any atom is -0.385 e. The molecule has 7 nitrogen and oxygen atoms in total. The number of hydrogen-bond donors (Lipinski definition) is 0. The molecule has 0 saturated heterocycles. The minimum atomic E-state index is -0.504. The van der Waals surface area contributed by atoms with Crippen molar-refractivity contribution in [1.29, 1.82) is 0 Å². The van der Waals surface area contributed by atoms with E-state index >= 15 is 0 Å². The highest BCUT2D eigenvalue weighted by Crippen LogP contribution is 2.39. The van der Waals surface area contributed by atoms with Gasteiger partial charge in [0.25, 0.3) is 17.5 Å². The molecular weight excluding hydrogens is 380 g/mol. The Balaban J connectivity index is 1.98. The van der Waals surface area contributed by atoms with E-state index in [0.29, 0.717) is 23.5 Å². The van der Waals surface area contributed by atoms with Gasteiger partial charge in [0, 0.05) is 37.3 Å². The number of carbonyl (C=O) groups excluding carboxylic acids is 2. The number of amides is 2. The molecule has 2 aromatic carbocycles. The lowest BCUT2D eigenvalue weighted by Crippen LogP contribution is -2.33. The summed E-state index contributed by atoms with van der Waals surface area (Å²) in [5, 5.41) is 10.9. The smallest absolute Gasteiger partial charge is 0.269 e. The van der Waals surface area contributed by atoms with Crippen LogP contribution in [0.15, 0.2) is 64.4 Å². The Bertz CT molecular complexity index is 925. The zero-order valence-corrected chi connectivity index (χ0v) is 16.0. The van der Waals surface area contributed by atoms with Gasteiger partial charge in [0.1, 0.15) is 0 Å². The Kier molecular flexibility index (Phi) is 6.23. The van der Waals surface area contributed by atoms with Gasteiger partial charge in [-0.15, -0.1) is 0 Å². The second kappa shape index (κ2) is 8.81. The number of imide groups is 1. The summed E-state index contributed by atoms with van der Waals surface area (Å²) in [6.07, 6.45) is 0.533. The third-order valence-corrected chi connectivity index (χ3v) is 5.28. The molecule has 1 aliphatic rings. The second-order valence-corrected chi connectivity index (χ2v) is 7.12. The van der Waals surface area contributed by atoms with Gasteiger partial charge in [-0.05, 0) is 36.2 Å². The summed E-state index contributed by atoms with van der Waals surface area (Å²) in [7, 11) is 1.56. The number of nitro groups is 1. The van der Waals surface area contributed by atoms with Crippen LogP contribution < -0.4 is 0 Å². The average Bonchev–Trinajstić information content (AvgIpc) is 2.93. The van der Waals surface area contributed by atoms with Crippen molar-refractivity contribution in [2.24, 2.45) is 0 Å². The van der Waals surface area contributed by atoms with E-state index in [-0.39, 0.29) is 23.7 Å². The lowest BCUT2D eigenvalue weighted by molar-refractivity contribution is -0.384. The van der Waals surface area contributed by atoms with Gasteiger partial charge in [0.2, 0.25) is 0 Å². The molecule has 0 bridgehead atoms. The number of non-ortho nitro benzene ring substituents is 1. The molecule has 1 aliphatic heterocycles. The fourth-order valence-electron chi connectivity index (χ4n) is 2.83. The highest BCUT2D eigenvalue weighted by Gasteiger charge is 2.39. The first-order valence-electron chi connectivity index (χ1n) is 8.60. The van der Waals surface area contributed by atoms with Crippen molar-refractivity contribution in [2.45, 2.75) is 11.3 Å². The second-order valence-electron chi connectivity index (χ2n) is 6.03. The monoisotopic (exact) mass is 398 g/mol. The standard InChI is InChI=1S/C20H18N2O5S/c1-27-13-5-12-21-19(23)17(14-8-10-15(11-9-14)22(25)26)18(20(21)24)28-16-6-3-2-4-7-16/h2-4,6-11H,5,12-13H2,1H3. The summed E-state index contributed by atoms with van der Waals surface area (Å²) in [6, 6.07) is 15.0. The predicted octanol–water partition coefficient (Wildman–Crippen LogP) is 3.50. The van der Waals surface area contributed by atoms with Crippen LogP contribution in [0.2, 0.25) is 0 Å². The molecule has 0 aromatic heterocycles. The number of nitrogens with zero attached hydrogens (tertiary/aromatic N) is 2. The molecule has 0 aliphatic carbocycles. The number of carbonyl (C=O) groups is 2. The zero-order chi connectivity index (χ0) is 20.1. The first-order valence-corrected chi connectivity index (χ1v) is 9.41. The summed E-state index contributed by atoms with van der Waals surface area (Å²) >= 11 is 1.22. The van der Waals surface area contributed by atoms with Crippen molar-refractivity contribution in [3.63, 3.8) is 0 Å². The largest absolute Gasteiger partial charge is 0.385 e. The van der Waals surface area contributed by atoms with Gasteiger partial charge in [-0.2, -0.15) is 0 Å². The number of thioether (sulfide) groups is 1. The molecule has 0 atom stereocenters. The minimum absolute atomic E-state index is 0.0738. The maximum atomic E-state index is 13.0. The fraction of sp³-hybridized carbons (Fsp3) is 0.200. The Morgan fingerprint density at radius 3 is 2.32 bits per heavy atom. The molecule has 144 valence electrons. The van der Waals surface area contributed by atoms with Crippen LogP contribution in [0.1, 0.15) is 12.0 Å². The maximum Gasteiger partial charge on any atom is 0.269 e. The Morgan fingerprint density at radius 1 is 1.04 bits per heavy atom. The van der Waals surface area contributed by atoms with Crippen molar-refractivity contribution in [3.8, 4) is 0 Å². The predicted molar refractivity (Wildman–Crippen MR) is 106 cm³/mol. The summed E-state index contributed by atoms with van der Waals surface area (Å²) in [5.41, 5.74) is 0.679. The molecule has 0 radical (unpaired) electrons. The Labute approximate surface area is 166 Å². The highest BCUT2D eigenvalue weighted by atomic mass is 32.2. The van der Waals surface area contributed by atoms with E-state index in [1.54, 1.807) is 7.11 Å². The van der Waals surface area contributed by atoms with Crippen LogP contribution in [-0.4, -0.2) is 41.9 Å². The summed E-state index contributed by atoms with van der Waals surface area (Å²) in [4.78, 5) is 38.7. The molecule has 1 heterocycles. The van der Waals surface area contributed by atoms with Gasteiger partial charge in [-0.1, -0.05) is 30.0 Å². The van der Waals surface area contributed by atoms with Gasteiger partial charge >= 0.3 is 0 Å². The van der Waals surface area contributed by atoms with E-state index in [1.807, 2.05) is 30.3 Å². The molecule has 0 N–H and O–H groups in total. The maximum absolute atomic E-state index is 13.0. The van der Waals surface area contributed by atoms with Crippen LogP contribution >= 0.6 is 11.8 Å². The molecule has 0 fully saturated rings. The highest BCUT2D eigenvalue weighted by molar-refractivity contribution is 8.04. The molecule has 2 amide bonds. The summed E-state index contributed by atoms with van der Waals surface area (Å²) < 4.78 is 5.01. The van der Waals surface area contributed by atoms with Gasteiger partial charge < -0.3 is 4.74 Å². The molecular formula is C20H18N2O5S. The summed E-state index contributed by atoms with van der Waals surface area (Å²) in [6.45, 7) is 0.686. The van der Waals surface area contributed by atoms with Gasteiger partial charge in [0.05, 0.1) is 15.4 Å². The SMILES string of the molecule is COCCCN1C(=O)C(Sc2ccccc2)=C(c2ccc([N+](=O)[O-])cc2)C1=O. The van der Waals surface area contributed by atoms with Crippen LogP contribution in [0.5, 0.6) is 0 Å². The van der Waals surface area contributed by atoms with Crippen LogP contribution in [0.4, 0.5) is 5.69 Å². The Hall–Kier alpha value is -2.97. The van der Waals surface area contributed by atoms with Gasteiger partial charge in [-0.3, -0.25) is 24.6 Å². The number of rotatable bonds is 8. The topological polar surface area (TPSA) is 89.8 Å². The van der Waals surface area contributed by atoms with Gasteiger partial charge in [-0.25, -0.2) is 0 Å². The van der Waals surface area contributed by atoms with Gasteiger partial charge in [0.15, 0.2) is 0 Å². The third-order valence-electron chi connectivity index (χ3n) is 4.19. The molecule has 28 heavy (non-hydrogen) atoms. The lowest BCUT2D eigenvalue weighted by Gasteiger charge is -2.14. The van der Waals surface area contributed by atoms with E-state index in [2.05, 4.69) is 0 Å². The molecule has 2 aromatic rings. The lowest BCUT2D eigenvalue weighted by atomic mass is 10.1. The number of hydrogen-bond acceptors (Lipinski definition) is 6. The number of nitro benzene ring substituents is 1. The van der Waals surface area contributed by atoms with Crippen molar-refractivity contribution in [1.82, 2.24) is 4.90 Å². The molecule has 3 rings (SSSR count). The molecule has 0 saturated carbocycles. The van der Waals surface area contributed by atoms with E-state index in [0.717, 1.165) is 4.90 Å². The van der Waals surface area contributed by atoms with E-state index in [4.69, 9.17) is 4.74 Å². The number of ether oxygens (including phenoxy) is 1. The average molecular weight is 398 g/mol. The number of benzene rings is 2. The zero-order valence-electron chi connectivity index (χ0n) is 15.2. The third kappa shape index (κ3) is 4.13. The Morgan fingerprint density at radius 2 is 1.71 bits per heavy atom. The molecule has 0 spiro atoms. The fourth-order valence-corrected chi connectivity index (χ4v) is 3.86. The molecule has 0 unspecified atom stereocenters. The first-order chi connectivity index (χ1) is 13.5. The van der Waals surface area contributed by atoms with E-state index in [9.17, 15) is 19.7 Å². The van der Waals surface area contributed by atoms with Crippen molar-refractivity contribution in [2.75, 3.05) is 20.3 Å². The van der Waals surface area contributed by atoms with Crippen molar-refractivity contribution < 1.29 is 19.2 Å². The van der Waals surface area contributed by atoms with E-state index < -0.39 is 10.8 Å². The quantitative estimate of drug-likeness (QED) is 0.293. The van der Waals surface area contributed by atoms with Crippen LogP contribution in [0.3, 0.4) is 0 Å². The first kappa shape index (κ1) is 19.8. The van der Waals surface area contributed by atoms with Crippen molar-refractivity contribution in [3.05, 3.63) is 75.2 Å².